The summed E-state index contributed by atoms with van der Waals surface area (Å²) in [6, 6.07) is 13.6. The van der Waals surface area contributed by atoms with Crippen LogP contribution >= 0.6 is 0 Å². The van der Waals surface area contributed by atoms with Crippen molar-refractivity contribution >= 4 is 23.0 Å². The monoisotopic (exact) mass is 452 g/mol. The molecule has 8 heteroatoms. The first-order valence-electron chi connectivity index (χ1n) is 11.3. The highest BCUT2D eigenvalue weighted by atomic mass is 16.5. The molecule has 0 spiro atoms. The lowest BCUT2D eigenvalue weighted by Crippen LogP contribution is -2.36. The maximum Gasteiger partial charge on any atom is 0.274 e. The van der Waals surface area contributed by atoms with Gasteiger partial charge in [0.15, 0.2) is 0 Å². The molecule has 5 rings (SSSR count). The number of anilines is 2. The second kappa shape index (κ2) is 9.81. The third-order valence-corrected chi connectivity index (χ3v) is 6.02. The number of aliphatic imine (C=N–C) groups is 1. The number of aryl methyl sites for hydroxylation is 1. The number of nitrogens with zero attached hydrogens (tertiary/aromatic N) is 5. The van der Waals surface area contributed by atoms with Gasteiger partial charge in [-0.3, -0.25) is 14.8 Å². The number of aromatic nitrogens is 2. The predicted molar refractivity (Wildman–Crippen MR) is 130 cm³/mol. The lowest BCUT2D eigenvalue weighted by molar-refractivity contribution is -0.110. The first-order chi connectivity index (χ1) is 16.7. The van der Waals surface area contributed by atoms with Crippen LogP contribution in [-0.2, 0) is 16.0 Å². The van der Waals surface area contributed by atoms with Crippen LogP contribution in [0, 0.1) is 11.3 Å². The second-order valence-corrected chi connectivity index (χ2v) is 8.24. The summed E-state index contributed by atoms with van der Waals surface area (Å²) in [4.78, 5) is 28.6. The van der Waals surface area contributed by atoms with E-state index < -0.39 is 0 Å². The van der Waals surface area contributed by atoms with Gasteiger partial charge in [-0.15, -0.1) is 0 Å². The highest BCUT2D eigenvalue weighted by Crippen LogP contribution is 2.28. The Labute approximate surface area is 197 Å². The third kappa shape index (κ3) is 4.65. The number of benzene rings is 1. The molecule has 3 aromatic rings. The van der Waals surface area contributed by atoms with E-state index in [0.717, 1.165) is 53.9 Å². The van der Waals surface area contributed by atoms with Crippen LogP contribution in [0.25, 0.3) is 11.1 Å². The highest BCUT2D eigenvalue weighted by molar-refractivity contribution is 6.49. The van der Waals surface area contributed by atoms with Gasteiger partial charge in [-0.2, -0.15) is 5.26 Å². The molecule has 2 aliphatic rings. The predicted octanol–water partition coefficient (Wildman–Crippen LogP) is 3.23. The van der Waals surface area contributed by atoms with Gasteiger partial charge >= 0.3 is 0 Å². The summed E-state index contributed by atoms with van der Waals surface area (Å²) in [6.07, 6.45) is 6.95. The molecular weight excluding hydrogens is 428 g/mol. The van der Waals surface area contributed by atoms with Crippen molar-refractivity contribution in [1.82, 2.24) is 9.97 Å². The highest BCUT2D eigenvalue weighted by Gasteiger charge is 2.21. The number of carbonyl (C=O) groups excluding carboxylic acids is 1. The van der Waals surface area contributed by atoms with E-state index in [4.69, 9.17) is 10.00 Å². The fourth-order valence-electron chi connectivity index (χ4n) is 4.24. The van der Waals surface area contributed by atoms with Gasteiger partial charge in [0, 0.05) is 37.0 Å². The van der Waals surface area contributed by atoms with Crippen molar-refractivity contribution in [3.63, 3.8) is 0 Å². The molecule has 0 atom stereocenters. The van der Waals surface area contributed by atoms with Gasteiger partial charge in [-0.25, -0.2) is 4.98 Å². The molecule has 0 unspecified atom stereocenters. The maximum atomic E-state index is 13.2. The van der Waals surface area contributed by atoms with E-state index in [1.54, 1.807) is 12.1 Å². The molecule has 8 nitrogen and oxygen atoms in total. The Morgan fingerprint density at radius 3 is 2.74 bits per heavy atom. The molecule has 170 valence electrons. The van der Waals surface area contributed by atoms with Gasteiger partial charge in [0.1, 0.15) is 17.5 Å². The number of pyridine rings is 2. The Hall–Kier alpha value is -4.09. The van der Waals surface area contributed by atoms with Crippen LogP contribution in [0.5, 0.6) is 0 Å². The van der Waals surface area contributed by atoms with E-state index in [1.807, 2.05) is 24.5 Å². The number of carbonyl (C=O) groups is 1. The molecule has 1 amide bonds. The molecule has 0 bridgehead atoms. The minimum atomic E-state index is -0.285. The summed E-state index contributed by atoms with van der Waals surface area (Å²) in [5.41, 5.74) is 6.22. The van der Waals surface area contributed by atoms with Crippen LogP contribution in [0.15, 0.2) is 60.0 Å². The quantitative estimate of drug-likeness (QED) is 0.652. The number of ether oxygens (including phenoxy) is 1. The minimum absolute atomic E-state index is 0.285. The molecule has 0 radical (unpaired) electrons. The average molecular weight is 453 g/mol. The summed E-state index contributed by atoms with van der Waals surface area (Å²) in [5.74, 6) is -0.285. The molecule has 4 heterocycles. The summed E-state index contributed by atoms with van der Waals surface area (Å²) in [7, 11) is 0. The van der Waals surface area contributed by atoms with Crippen LogP contribution in [0.1, 0.15) is 23.2 Å². The van der Waals surface area contributed by atoms with E-state index in [-0.39, 0.29) is 5.91 Å². The van der Waals surface area contributed by atoms with Crippen molar-refractivity contribution in [2.45, 2.75) is 12.8 Å². The number of rotatable bonds is 4. The SMILES string of the molecule is N#Cc1ccc(NC(=O)C2=NCCCc3ccc(-c4cncc(N5CCOCC5)c4)cc32)cn1. The molecule has 1 fully saturated rings. The van der Waals surface area contributed by atoms with E-state index in [2.05, 4.69) is 43.4 Å². The number of nitriles is 1. The molecule has 1 aromatic carbocycles. The molecule has 34 heavy (non-hydrogen) atoms. The molecule has 0 aliphatic carbocycles. The zero-order valence-corrected chi connectivity index (χ0v) is 18.7. The van der Waals surface area contributed by atoms with Crippen LogP contribution < -0.4 is 10.2 Å². The number of morpholine rings is 1. The van der Waals surface area contributed by atoms with Gasteiger partial charge < -0.3 is 15.0 Å². The van der Waals surface area contributed by atoms with Gasteiger partial charge in [-0.05, 0) is 48.2 Å². The smallest absolute Gasteiger partial charge is 0.274 e. The molecule has 1 saturated heterocycles. The summed E-state index contributed by atoms with van der Waals surface area (Å²) in [6.45, 7) is 3.71. The van der Waals surface area contributed by atoms with Crippen LogP contribution in [0.3, 0.4) is 0 Å². The van der Waals surface area contributed by atoms with Crippen LogP contribution in [0.4, 0.5) is 11.4 Å². The Kier molecular flexibility index (Phi) is 6.27. The Balaban J connectivity index is 1.44. The zero-order chi connectivity index (χ0) is 23.3. The largest absolute Gasteiger partial charge is 0.378 e. The van der Waals surface area contributed by atoms with Crippen molar-refractivity contribution < 1.29 is 9.53 Å². The Bertz CT molecular complexity index is 1270. The lowest BCUT2D eigenvalue weighted by Gasteiger charge is -2.28. The van der Waals surface area contributed by atoms with Crippen LogP contribution in [-0.4, -0.2) is 54.4 Å². The van der Waals surface area contributed by atoms with Gasteiger partial charge in [0.05, 0.1) is 37.0 Å². The number of hydrogen-bond donors (Lipinski definition) is 1. The van der Waals surface area contributed by atoms with E-state index in [1.165, 1.54) is 6.20 Å². The van der Waals surface area contributed by atoms with Gasteiger partial charge in [0.25, 0.3) is 5.91 Å². The Morgan fingerprint density at radius 2 is 1.94 bits per heavy atom. The van der Waals surface area contributed by atoms with E-state index in [9.17, 15) is 4.79 Å². The van der Waals surface area contributed by atoms with Crippen LogP contribution in [0.2, 0.25) is 0 Å². The summed E-state index contributed by atoms with van der Waals surface area (Å²) >= 11 is 0. The fourth-order valence-corrected chi connectivity index (χ4v) is 4.24. The summed E-state index contributed by atoms with van der Waals surface area (Å²) in [5, 5.41) is 11.8. The normalized spacial score (nSPS) is 15.5. The van der Waals surface area contributed by atoms with Crippen molar-refractivity contribution in [3.8, 4) is 17.2 Å². The zero-order valence-electron chi connectivity index (χ0n) is 18.7. The van der Waals surface area contributed by atoms with E-state index >= 15 is 0 Å². The Morgan fingerprint density at radius 1 is 1.06 bits per heavy atom. The standard InChI is InChI=1S/C26H24N6O2/c27-14-21-5-6-22(16-30-21)31-26(33)25-24-13-19(4-3-18(24)2-1-7-29-25)20-12-23(17-28-15-20)32-8-10-34-11-9-32/h3-6,12-13,15-17H,1-2,7-11H2,(H,31,33). The van der Waals surface area contributed by atoms with Crippen molar-refractivity contribution in [2.75, 3.05) is 43.1 Å². The number of nitrogens with one attached hydrogen (secondary N) is 1. The number of fused-ring (bicyclic) bond motifs is 1. The molecule has 0 saturated carbocycles. The molecular formula is C26H24N6O2. The first kappa shape index (κ1) is 21.7. The first-order valence-corrected chi connectivity index (χ1v) is 11.3. The molecule has 1 N–H and O–H groups in total. The molecule has 2 aliphatic heterocycles. The second-order valence-electron chi connectivity index (χ2n) is 8.24. The molecule has 2 aromatic heterocycles. The van der Waals surface area contributed by atoms with Crippen molar-refractivity contribution in [3.05, 3.63) is 71.8 Å². The third-order valence-electron chi connectivity index (χ3n) is 6.02. The van der Waals surface area contributed by atoms with Gasteiger partial charge in [0.2, 0.25) is 0 Å². The number of hydrogen-bond acceptors (Lipinski definition) is 7. The van der Waals surface area contributed by atoms with E-state index in [0.29, 0.717) is 36.9 Å². The van der Waals surface area contributed by atoms with Crippen molar-refractivity contribution in [1.29, 1.82) is 5.26 Å². The topological polar surface area (TPSA) is 104 Å². The average Bonchev–Trinajstić information content (AvgIpc) is 3.12. The summed E-state index contributed by atoms with van der Waals surface area (Å²) < 4.78 is 5.47. The van der Waals surface area contributed by atoms with Crippen molar-refractivity contribution in [2.24, 2.45) is 4.99 Å². The fraction of sp³-hybridized carbons (Fsp3) is 0.269. The minimum Gasteiger partial charge on any atom is -0.378 e. The number of amides is 1. The van der Waals surface area contributed by atoms with Gasteiger partial charge in [-0.1, -0.05) is 12.1 Å². The lowest BCUT2D eigenvalue weighted by atomic mass is 9.95. The maximum absolute atomic E-state index is 13.2.